The molecule has 0 aromatic heterocycles. The number of sulfone groups is 1. The molecule has 0 saturated carbocycles. The highest BCUT2D eigenvalue weighted by Crippen LogP contribution is 2.30. The highest BCUT2D eigenvalue weighted by atomic mass is 32.2. The second-order valence-electron chi connectivity index (χ2n) is 7.10. The summed E-state index contributed by atoms with van der Waals surface area (Å²) in [6, 6.07) is 10.1. The summed E-state index contributed by atoms with van der Waals surface area (Å²) in [4.78, 5) is 13.1. The largest absolute Gasteiger partial charge is 0.496 e. The predicted molar refractivity (Wildman–Crippen MR) is 107 cm³/mol. The van der Waals surface area contributed by atoms with Gasteiger partial charge in [0.25, 0.3) is 5.91 Å². The van der Waals surface area contributed by atoms with Gasteiger partial charge in [0, 0.05) is 11.8 Å². The lowest BCUT2D eigenvalue weighted by Gasteiger charge is -2.18. The van der Waals surface area contributed by atoms with E-state index in [9.17, 15) is 13.2 Å². The minimum absolute atomic E-state index is 0.170. The molecule has 2 aromatic carbocycles. The van der Waals surface area contributed by atoms with E-state index >= 15 is 0 Å². The van der Waals surface area contributed by atoms with E-state index in [0.29, 0.717) is 5.56 Å². The van der Waals surface area contributed by atoms with Crippen molar-refractivity contribution in [3.8, 4) is 5.75 Å². The SMILES string of the molecule is COc1cc(C)c(C(=O)N[C@@H](C)c2ccc(S(C)(=O)=O)cc2)cc1C(C)C. The van der Waals surface area contributed by atoms with E-state index < -0.39 is 9.84 Å². The minimum Gasteiger partial charge on any atom is -0.496 e. The van der Waals surface area contributed by atoms with Crippen LogP contribution in [0, 0.1) is 6.92 Å². The molecule has 0 radical (unpaired) electrons. The fraction of sp³-hybridized carbons (Fsp3) is 0.381. The number of nitrogens with one attached hydrogen (secondary N) is 1. The Morgan fingerprint density at radius 2 is 1.67 bits per heavy atom. The van der Waals surface area contributed by atoms with Crippen LogP contribution in [0.3, 0.4) is 0 Å². The third kappa shape index (κ3) is 4.89. The third-order valence-electron chi connectivity index (χ3n) is 4.60. The van der Waals surface area contributed by atoms with E-state index in [1.807, 2.05) is 26.0 Å². The Hall–Kier alpha value is -2.34. The molecule has 0 bridgehead atoms. The summed E-state index contributed by atoms with van der Waals surface area (Å²) in [5.74, 6) is 0.841. The fourth-order valence-corrected chi connectivity index (χ4v) is 3.56. The van der Waals surface area contributed by atoms with E-state index in [4.69, 9.17) is 4.74 Å². The van der Waals surface area contributed by atoms with Crippen molar-refractivity contribution in [2.45, 2.75) is 44.6 Å². The molecule has 2 rings (SSSR count). The van der Waals surface area contributed by atoms with Crippen LogP contribution in [-0.2, 0) is 9.84 Å². The van der Waals surface area contributed by atoms with Crippen LogP contribution in [0.5, 0.6) is 5.75 Å². The Morgan fingerprint density at radius 1 is 1.07 bits per heavy atom. The van der Waals surface area contributed by atoms with E-state index in [1.165, 1.54) is 6.26 Å². The average Bonchev–Trinajstić information content (AvgIpc) is 2.60. The standard InChI is InChI=1S/C21H27NO4S/c1-13(2)18-12-19(14(3)11-20(18)26-5)21(23)22-15(4)16-7-9-17(10-8-16)27(6,24)25/h7-13,15H,1-6H3,(H,22,23)/t15-/m0/s1. The summed E-state index contributed by atoms with van der Waals surface area (Å²) < 4.78 is 28.6. The second kappa shape index (κ2) is 8.13. The molecule has 0 aliphatic heterocycles. The molecule has 1 amide bonds. The van der Waals surface area contributed by atoms with E-state index in [1.54, 1.807) is 31.4 Å². The van der Waals surface area contributed by atoms with Crippen molar-refractivity contribution < 1.29 is 17.9 Å². The molecule has 27 heavy (non-hydrogen) atoms. The van der Waals surface area contributed by atoms with Crippen molar-refractivity contribution in [3.63, 3.8) is 0 Å². The summed E-state index contributed by atoms with van der Waals surface area (Å²) in [7, 11) is -1.61. The van der Waals surface area contributed by atoms with Crippen molar-refractivity contribution >= 4 is 15.7 Å². The smallest absolute Gasteiger partial charge is 0.252 e. The zero-order valence-electron chi connectivity index (χ0n) is 16.7. The van der Waals surface area contributed by atoms with Gasteiger partial charge in [0.05, 0.1) is 18.0 Å². The lowest BCUT2D eigenvalue weighted by molar-refractivity contribution is 0.0939. The van der Waals surface area contributed by atoms with Crippen LogP contribution in [0.2, 0.25) is 0 Å². The summed E-state index contributed by atoms with van der Waals surface area (Å²) >= 11 is 0. The Kier molecular flexibility index (Phi) is 6.31. The molecule has 0 aliphatic rings. The molecular weight excluding hydrogens is 362 g/mol. The van der Waals surface area contributed by atoms with Crippen LogP contribution in [-0.4, -0.2) is 27.7 Å². The fourth-order valence-electron chi connectivity index (χ4n) is 2.93. The van der Waals surface area contributed by atoms with Gasteiger partial charge in [-0.25, -0.2) is 8.42 Å². The number of benzene rings is 2. The monoisotopic (exact) mass is 389 g/mol. The summed E-state index contributed by atoms with van der Waals surface area (Å²) in [6.07, 6.45) is 1.17. The number of methoxy groups -OCH3 is 1. The number of ether oxygens (including phenoxy) is 1. The van der Waals surface area contributed by atoms with Gasteiger partial charge in [-0.05, 0) is 60.7 Å². The van der Waals surface area contributed by atoms with Crippen molar-refractivity contribution in [2.24, 2.45) is 0 Å². The van der Waals surface area contributed by atoms with Gasteiger partial charge in [0.1, 0.15) is 5.75 Å². The highest BCUT2D eigenvalue weighted by Gasteiger charge is 2.18. The predicted octanol–water partition coefficient (Wildman–Crippen LogP) is 4.02. The van der Waals surface area contributed by atoms with Gasteiger partial charge >= 0.3 is 0 Å². The van der Waals surface area contributed by atoms with E-state index in [2.05, 4.69) is 19.2 Å². The number of amides is 1. The summed E-state index contributed by atoms with van der Waals surface area (Å²) in [5.41, 5.74) is 3.27. The quantitative estimate of drug-likeness (QED) is 0.810. The van der Waals surface area contributed by atoms with Crippen LogP contribution in [0.25, 0.3) is 0 Å². The van der Waals surface area contributed by atoms with E-state index in [0.717, 1.165) is 22.4 Å². The Balaban J connectivity index is 2.25. The van der Waals surface area contributed by atoms with Gasteiger partial charge in [-0.1, -0.05) is 26.0 Å². The summed E-state index contributed by atoms with van der Waals surface area (Å²) in [5, 5.41) is 2.99. The maximum atomic E-state index is 12.8. The number of hydrogen-bond acceptors (Lipinski definition) is 4. The lowest BCUT2D eigenvalue weighted by atomic mass is 9.96. The Bertz CT molecular complexity index is 931. The first-order valence-electron chi connectivity index (χ1n) is 8.84. The average molecular weight is 390 g/mol. The molecular formula is C21H27NO4S. The first kappa shape index (κ1) is 21.0. The van der Waals surface area contributed by atoms with Gasteiger partial charge in [-0.2, -0.15) is 0 Å². The van der Waals surface area contributed by atoms with Crippen LogP contribution >= 0.6 is 0 Å². The first-order valence-corrected chi connectivity index (χ1v) is 10.7. The van der Waals surface area contributed by atoms with Gasteiger partial charge < -0.3 is 10.1 Å². The highest BCUT2D eigenvalue weighted by molar-refractivity contribution is 7.90. The molecule has 0 spiro atoms. The number of rotatable bonds is 6. The first-order chi connectivity index (χ1) is 12.5. The molecule has 5 nitrogen and oxygen atoms in total. The van der Waals surface area contributed by atoms with Crippen LogP contribution < -0.4 is 10.1 Å². The number of aryl methyl sites for hydroxylation is 1. The molecule has 0 heterocycles. The van der Waals surface area contributed by atoms with Gasteiger partial charge in [-0.3, -0.25) is 4.79 Å². The molecule has 2 aromatic rings. The molecule has 0 saturated heterocycles. The van der Waals surface area contributed by atoms with Gasteiger partial charge in [0.2, 0.25) is 0 Å². The van der Waals surface area contributed by atoms with Crippen LogP contribution in [0.15, 0.2) is 41.3 Å². The van der Waals surface area contributed by atoms with Crippen molar-refractivity contribution in [2.75, 3.05) is 13.4 Å². The molecule has 0 aliphatic carbocycles. The Morgan fingerprint density at radius 3 is 2.15 bits per heavy atom. The zero-order valence-corrected chi connectivity index (χ0v) is 17.5. The third-order valence-corrected chi connectivity index (χ3v) is 5.73. The Labute approximate surface area is 161 Å². The number of carbonyl (C=O) groups excluding carboxylic acids is 1. The van der Waals surface area contributed by atoms with Crippen LogP contribution in [0.4, 0.5) is 0 Å². The minimum atomic E-state index is -3.24. The second-order valence-corrected chi connectivity index (χ2v) is 9.12. The molecule has 146 valence electrons. The van der Waals surface area contributed by atoms with Gasteiger partial charge in [0.15, 0.2) is 9.84 Å². The maximum Gasteiger partial charge on any atom is 0.252 e. The van der Waals surface area contributed by atoms with Crippen LogP contribution in [0.1, 0.15) is 59.8 Å². The molecule has 0 fully saturated rings. The van der Waals surface area contributed by atoms with Crippen molar-refractivity contribution in [1.29, 1.82) is 0 Å². The molecule has 1 atom stereocenters. The maximum absolute atomic E-state index is 12.8. The van der Waals surface area contributed by atoms with Crippen molar-refractivity contribution in [3.05, 3.63) is 58.7 Å². The van der Waals surface area contributed by atoms with Crippen molar-refractivity contribution in [1.82, 2.24) is 5.32 Å². The van der Waals surface area contributed by atoms with Gasteiger partial charge in [-0.15, -0.1) is 0 Å². The number of carbonyl (C=O) groups is 1. The van der Waals surface area contributed by atoms with E-state index in [-0.39, 0.29) is 22.8 Å². The zero-order chi connectivity index (χ0) is 20.4. The topological polar surface area (TPSA) is 72.5 Å². The number of hydrogen-bond donors (Lipinski definition) is 1. The molecule has 1 N–H and O–H groups in total. The normalized spacial score (nSPS) is 12.7. The molecule has 0 unspecified atom stereocenters. The molecule has 6 heteroatoms. The lowest BCUT2D eigenvalue weighted by Crippen LogP contribution is -2.27. The summed E-state index contributed by atoms with van der Waals surface area (Å²) in [6.45, 7) is 7.87.